The average Bonchev–Trinajstić information content (AvgIpc) is 2.62. The predicted molar refractivity (Wildman–Crippen MR) is 66.2 cm³/mol. The van der Waals surface area contributed by atoms with Crippen molar-refractivity contribution >= 4 is 0 Å². The smallest absolute Gasteiger partial charge is 0.0514 e. The summed E-state index contributed by atoms with van der Waals surface area (Å²) in [5.74, 6) is 0. The van der Waals surface area contributed by atoms with Crippen molar-refractivity contribution in [3.8, 4) is 0 Å². The van der Waals surface area contributed by atoms with Crippen molar-refractivity contribution in [3.05, 3.63) is 29.6 Å². The Balaban J connectivity index is 2.19. The number of nitrogens with zero attached hydrogens (tertiary/aromatic N) is 2. The molecule has 88 valence electrons. The summed E-state index contributed by atoms with van der Waals surface area (Å²) in [6.07, 6.45) is 4.26. The van der Waals surface area contributed by atoms with Crippen LogP contribution in [0.2, 0.25) is 0 Å². The zero-order chi connectivity index (χ0) is 11.5. The topological polar surface area (TPSA) is 42.1 Å². The average molecular weight is 219 g/mol. The van der Waals surface area contributed by atoms with Crippen molar-refractivity contribution < 1.29 is 0 Å². The molecule has 0 amide bonds. The summed E-state index contributed by atoms with van der Waals surface area (Å²) in [4.78, 5) is 6.85. The molecule has 1 saturated heterocycles. The summed E-state index contributed by atoms with van der Waals surface area (Å²) in [5.41, 5.74) is 8.53. The minimum Gasteiger partial charge on any atom is -0.326 e. The maximum atomic E-state index is 6.20. The molecule has 0 saturated carbocycles. The number of likely N-dealkylation sites (tertiary alicyclic amines) is 1. The van der Waals surface area contributed by atoms with E-state index in [0.717, 1.165) is 25.2 Å². The van der Waals surface area contributed by atoms with Crippen molar-refractivity contribution in [2.75, 3.05) is 13.1 Å². The van der Waals surface area contributed by atoms with E-state index in [9.17, 15) is 0 Å². The van der Waals surface area contributed by atoms with E-state index in [1.807, 2.05) is 13.1 Å². The fourth-order valence-electron chi connectivity index (χ4n) is 2.53. The van der Waals surface area contributed by atoms with Gasteiger partial charge in [0.2, 0.25) is 0 Å². The molecule has 0 radical (unpaired) electrons. The van der Waals surface area contributed by atoms with E-state index in [1.165, 1.54) is 12.0 Å². The van der Waals surface area contributed by atoms with Gasteiger partial charge in [0.05, 0.1) is 6.04 Å². The van der Waals surface area contributed by atoms with Crippen molar-refractivity contribution in [2.24, 2.45) is 5.73 Å². The molecule has 0 aliphatic carbocycles. The number of nitrogens with two attached hydrogens (primary N) is 1. The van der Waals surface area contributed by atoms with E-state index in [1.54, 1.807) is 0 Å². The lowest BCUT2D eigenvalue weighted by Crippen LogP contribution is -2.32. The highest BCUT2D eigenvalue weighted by Gasteiger charge is 2.32. The van der Waals surface area contributed by atoms with Crippen LogP contribution < -0.4 is 5.73 Å². The maximum absolute atomic E-state index is 6.20. The van der Waals surface area contributed by atoms with Crippen molar-refractivity contribution in [1.82, 2.24) is 9.88 Å². The Labute approximate surface area is 97.7 Å². The zero-order valence-electron chi connectivity index (χ0n) is 10.2. The minimum absolute atomic E-state index is 0.260. The Kier molecular flexibility index (Phi) is 3.56. The van der Waals surface area contributed by atoms with Crippen molar-refractivity contribution in [3.63, 3.8) is 0 Å². The fourth-order valence-corrected chi connectivity index (χ4v) is 2.53. The van der Waals surface area contributed by atoms with Crippen LogP contribution in [0.4, 0.5) is 0 Å². The first-order valence-corrected chi connectivity index (χ1v) is 6.14. The normalized spacial score (nSPS) is 26.2. The van der Waals surface area contributed by atoms with E-state index in [0.29, 0.717) is 6.04 Å². The molecule has 3 nitrogen and oxygen atoms in total. The van der Waals surface area contributed by atoms with Crippen LogP contribution in [0.15, 0.2) is 18.3 Å². The number of aryl methyl sites for hydroxylation is 1. The Hall–Kier alpha value is -0.930. The summed E-state index contributed by atoms with van der Waals surface area (Å²) in [6.45, 7) is 6.48. The molecule has 16 heavy (non-hydrogen) atoms. The van der Waals surface area contributed by atoms with E-state index < -0.39 is 0 Å². The third kappa shape index (κ3) is 2.25. The van der Waals surface area contributed by atoms with Gasteiger partial charge < -0.3 is 5.73 Å². The Morgan fingerprint density at radius 2 is 2.31 bits per heavy atom. The van der Waals surface area contributed by atoms with Crippen molar-refractivity contribution in [1.29, 1.82) is 0 Å². The molecule has 3 heteroatoms. The van der Waals surface area contributed by atoms with Crippen LogP contribution in [-0.4, -0.2) is 29.0 Å². The van der Waals surface area contributed by atoms with E-state index >= 15 is 0 Å². The van der Waals surface area contributed by atoms with Crippen LogP contribution in [0.1, 0.15) is 37.1 Å². The molecule has 1 fully saturated rings. The van der Waals surface area contributed by atoms with Gasteiger partial charge in [-0.3, -0.25) is 9.88 Å². The molecule has 0 unspecified atom stereocenters. The zero-order valence-corrected chi connectivity index (χ0v) is 10.2. The lowest BCUT2D eigenvalue weighted by atomic mass is 10.0. The largest absolute Gasteiger partial charge is 0.326 e. The third-order valence-corrected chi connectivity index (χ3v) is 3.34. The highest BCUT2D eigenvalue weighted by atomic mass is 15.2. The van der Waals surface area contributed by atoms with Gasteiger partial charge in [0.25, 0.3) is 0 Å². The van der Waals surface area contributed by atoms with E-state index in [-0.39, 0.29) is 6.04 Å². The van der Waals surface area contributed by atoms with Crippen LogP contribution in [0.3, 0.4) is 0 Å². The van der Waals surface area contributed by atoms with E-state index in [2.05, 4.69) is 28.9 Å². The molecule has 2 heterocycles. The highest BCUT2D eigenvalue weighted by Crippen LogP contribution is 2.30. The molecular weight excluding hydrogens is 198 g/mol. The van der Waals surface area contributed by atoms with Crippen LogP contribution in [-0.2, 0) is 0 Å². The minimum atomic E-state index is 0.260. The molecule has 0 spiro atoms. The van der Waals surface area contributed by atoms with Gasteiger partial charge in [-0.25, -0.2) is 0 Å². The molecule has 2 atom stereocenters. The SMILES string of the molecule is CCCN1CC[C@H](N)[C@H]1c1ccc(C)nc1. The second-order valence-electron chi connectivity index (χ2n) is 4.67. The monoisotopic (exact) mass is 219 g/mol. The van der Waals surface area contributed by atoms with Gasteiger partial charge in [-0.05, 0) is 37.9 Å². The lowest BCUT2D eigenvalue weighted by Gasteiger charge is -2.26. The first kappa shape index (κ1) is 11.6. The van der Waals surface area contributed by atoms with Gasteiger partial charge in [-0.15, -0.1) is 0 Å². The molecule has 2 rings (SSSR count). The maximum Gasteiger partial charge on any atom is 0.0514 e. The summed E-state index contributed by atoms with van der Waals surface area (Å²) in [5, 5.41) is 0. The van der Waals surface area contributed by atoms with Crippen LogP contribution >= 0.6 is 0 Å². The molecule has 1 aromatic heterocycles. The summed E-state index contributed by atoms with van der Waals surface area (Å²) < 4.78 is 0. The molecular formula is C13H21N3. The first-order valence-electron chi connectivity index (χ1n) is 6.14. The lowest BCUT2D eigenvalue weighted by molar-refractivity contribution is 0.248. The van der Waals surface area contributed by atoms with Gasteiger partial charge in [0.1, 0.15) is 0 Å². The number of hydrogen-bond acceptors (Lipinski definition) is 3. The summed E-state index contributed by atoms with van der Waals surface area (Å²) in [6, 6.07) is 4.87. The second-order valence-corrected chi connectivity index (χ2v) is 4.67. The molecule has 0 aromatic carbocycles. The number of rotatable bonds is 3. The second kappa shape index (κ2) is 4.93. The van der Waals surface area contributed by atoms with E-state index in [4.69, 9.17) is 5.73 Å². The third-order valence-electron chi connectivity index (χ3n) is 3.34. The first-order chi connectivity index (χ1) is 7.72. The van der Waals surface area contributed by atoms with Crippen LogP contribution in [0.5, 0.6) is 0 Å². The predicted octanol–water partition coefficient (Wildman–Crippen LogP) is 1.87. The molecule has 1 aromatic rings. The van der Waals surface area contributed by atoms with Gasteiger partial charge >= 0.3 is 0 Å². The Morgan fingerprint density at radius 3 is 2.94 bits per heavy atom. The number of pyridine rings is 1. The summed E-state index contributed by atoms with van der Waals surface area (Å²) in [7, 11) is 0. The molecule has 1 aliphatic heterocycles. The number of hydrogen-bond donors (Lipinski definition) is 1. The molecule has 1 aliphatic rings. The fraction of sp³-hybridized carbons (Fsp3) is 0.615. The highest BCUT2D eigenvalue weighted by molar-refractivity contribution is 5.20. The Morgan fingerprint density at radius 1 is 1.50 bits per heavy atom. The quantitative estimate of drug-likeness (QED) is 0.844. The number of aromatic nitrogens is 1. The Bertz CT molecular complexity index is 332. The van der Waals surface area contributed by atoms with Gasteiger partial charge in [0, 0.05) is 24.5 Å². The van der Waals surface area contributed by atoms with Crippen molar-refractivity contribution in [2.45, 2.75) is 38.8 Å². The van der Waals surface area contributed by atoms with Gasteiger partial charge in [-0.1, -0.05) is 13.0 Å². The molecule has 2 N–H and O–H groups in total. The summed E-state index contributed by atoms with van der Waals surface area (Å²) >= 11 is 0. The van der Waals surface area contributed by atoms with Gasteiger partial charge in [0.15, 0.2) is 0 Å². The van der Waals surface area contributed by atoms with Gasteiger partial charge in [-0.2, -0.15) is 0 Å². The van der Waals surface area contributed by atoms with Crippen LogP contribution in [0.25, 0.3) is 0 Å². The van der Waals surface area contributed by atoms with Crippen LogP contribution in [0, 0.1) is 6.92 Å². The standard InChI is InChI=1S/C13H21N3/c1-3-7-16-8-6-12(14)13(16)11-5-4-10(2)15-9-11/h4-5,9,12-13H,3,6-8,14H2,1-2H3/t12-,13+/m0/s1. The molecule has 0 bridgehead atoms.